The topological polar surface area (TPSA) is 104 Å². The van der Waals surface area contributed by atoms with Crippen LogP contribution < -0.4 is 15.6 Å². The fourth-order valence-electron chi connectivity index (χ4n) is 2.13. The minimum atomic E-state index is -3.70. The maximum Gasteiger partial charge on any atom is 0.269 e. The number of hydrogen-bond acceptors (Lipinski definition) is 4. The summed E-state index contributed by atoms with van der Waals surface area (Å²) in [6.45, 7) is 3.62. The molecule has 0 aliphatic heterocycles. The van der Waals surface area contributed by atoms with Crippen molar-refractivity contribution in [1.29, 1.82) is 0 Å². The van der Waals surface area contributed by atoms with E-state index in [0.29, 0.717) is 10.6 Å². The van der Waals surface area contributed by atoms with Crippen LogP contribution in [0.5, 0.6) is 0 Å². The Labute approximate surface area is 163 Å². The third kappa shape index (κ3) is 6.06. The van der Waals surface area contributed by atoms with Gasteiger partial charge in [0.2, 0.25) is 15.9 Å². The summed E-state index contributed by atoms with van der Waals surface area (Å²) >= 11 is 5.74. The third-order valence-electron chi connectivity index (χ3n) is 3.85. The minimum absolute atomic E-state index is 0.0993. The summed E-state index contributed by atoms with van der Waals surface area (Å²) in [6.07, 6.45) is -0.134. The van der Waals surface area contributed by atoms with Crippen molar-refractivity contribution in [2.24, 2.45) is 0 Å². The lowest BCUT2D eigenvalue weighted by Crippen LogP contribution is -2.42. The van der Waals surface area contributed by atoms with Gasteiger partial charge in [0.25, 0.3) is 5.91 Å². The maximum atomic E-state index is 12.2. The average molecular weight is 410 g/mol. The van der Waals surface area contributed by atoms with E-state index >= 15 is 0 Å². The van der Waals surface area contributed by atoms with Crippen molar-refractivity contribution < 1.29 is 18.0 Å². The zero-order valence-corrected chi connectivity index (χ0v) is 16.4. The highest BCUT2D eigenvalue weighted by Crippen LogP contribution is 2.14. The summed E-state index contributed by atoms with van der Waals surface area (Å²) in [4.78, 5) is 23.8. The summed E-state index contributed by atoms with van der Waals surface area (Å²) in [5, 5.41) is 0.492. The minimum Gasteiger partial charge on any atom is -0.273 e. The smallest absolute Gasteiger partial charge is 0.269 e. The number of sulfonamides is 1. The van der Waals surface area contributed by atoms with Gasteiger partial charge in [-0.3, -0.25) is 20.4 Å². The lowest BCUT2D eigenvalue weighted by Gasteiger charge is -2.10. The van der Waals surface area contributed by atoms with Crippen molar-refractivity contribution in [2.75, 3.05) is 6.54 Å². The number of amides is 2. The van der Waals surface area contributed by atoms with Crippen LogP contribution in [0.3, 0.4) is 0 Å². The van der Waals surface area contributed by atoms with E-state index in [1.165, 1.54) is 18.2 Å². The number of benzene rings is 2. The largest absolute Gasteiger partial charge is 0.273 e. The van der Waals surface area contributed by atoms with Crippen LogP contribution >= 0.6 is 11.6 Å². The van der Waals surface area contributed by atoms with Gasteiger partial charge in [-0.05, 0) is 61.4 Å². The Balaban J connectivity index is 1.80. The zero-order valence-electron chi connectivity index (χ0n) is 14.9. The van der Waals surface area contributed by atoms with Gasteiger partial charge in [0.15, 0.2) is 0 Å². The highest BCUT2D eigenvalue weighted by atomic mass is 35.5. The lowest BCUT2D eigenvalue weighted by molar-refractivity contribution is -0.121. The van der Waals surface area contributed by atoms with Gasteiger partial charge in [-0.1, -0.05) is 17.7 Å². The van der Waals surface area contributed by atoms with E-state index in [9.17, 15) is 18.0 Å². The molecule has 0 radical (unpaired) electrons. The molecule has 2 amide bonds. The molecule has 0 unspecified atom stereocenters. The van der Waals surface area contributed by atoms with Crippen LogP contribution in [-0.4, -0.2) is 26.8 Å². The van der Waals surface area contributed by atoms with E-state index in [2.05, 4.69) is 15.6 Å². The molecule has 7 nitrogen and oxygen atoms in total. The van der Waals surface area contributed by atoms with E-state index in [1.54, 1.807) is 24.3 Å². The van der Waals surface area contributed by atoms with Crippen LogP contribution in [-0.2, 0) is 14.8 Å². The number of hydrazine groups is 1. The molecule has 2 rings (SSSR count). The summed E-state index contributed by atoms with van der Waals surface area (Å²) in [5.41, 5.74) is 6.67. The molecule has 0 aromatic heterocycles. The Kier molecular flexibility index (Phi) is 6.95. The summed E-state index contributed by atoms with van der Waals surface area (Å²) in [6, 6.07) is 11.0. The van der Waals surface area contributed by atoms with Crippen molar-refractivity contribution in [3.8, 4) is 0 Å². The fraction of sp³-hybridized carbons (Fsp3) is 0.222. The Morgan fingerprint density at radius 2 is 1.63 bits per heavy atom. The van der Waals surface area contributed by atoms with E-state index < -0.39 is 21.8 Å². The van der Waals surface area contributed by atoms with Gasteiger partial charge in [-0.15, -0.1) is 0 Å². The second-order valence-corrected chi connectivity index (χ2v) is 8.11. The molecule has 0 bridgehead atoms. The van der Waals surface area contributed by atoms with Gasteiger partial charge >= 0.3 is 0 Å². The maximum absolute atomic E-state index is 12.2. The molecule has 27 heavy (non-hydrogen) atoms. The molecular formula is C18H20ClN3O4S. The van der Waals surface area contributed by atoms with Crippen LogP contribution in [0.15, 0.2) is 47.4 Å². The molecule has 0 spiro atoms. The molecule has 0 aliphatic rings. The number of nitrogens with one attached hydrogen (secondary N) is 3. The van der Waals surface area contributed by atoms with Gasteiger partial charge in [-0.2, -0.15) is 0 Å². The second kappa shape index (κ2) is 8.98. The number of carbonyl (C=O) groups excluding carboxylic acids is 2. The molecule has 0 heterocycles. The zero-order chi connectivity index (χ0) is 20.0. The normalized spacial score (nSPS) is 11.1. The predicted octanol–water partition coefficient (Wildman–Crippen LogP) is 2.09. The van der Waals surface area contributed by atoms with Gasteiger partial charge < -0.3 is 0 Å². The van der Waals surface area contributed by atoms with Crippen LogP contribution in [0, 0.1) is 13.8 Å². The van der Waals surface area contributed by atoms with Crippen molar-refractivity contribution in [3.05, 3.63) is 64.2 Å². The molecule has 0 aliphatic carbocycles. The third-order valence-corrected chi connectivity index (χ3v) is 5.57. The van der Waals surface area contributed by atoms with Crippen LogP contribution in [0.2, 0.25) is 5.02 Å². The first-order chi connectivity index (χ1) is 12.7. The Morgan fingerprint density at radius 1 is 0.963 bits per heavy atom. The van der Waals surface area contributed by atoms with Crippen LogP contribution in [0.4, 0.5) is 0 Å². The Hall–Kier alpha value is -2.42. The number of carbonyl (C=O) groups is 2. The first-order valence-corrected chi connectivity index (χ1v) is 9.97. The molecule has 0 saturated carbocycles. The number of rotatable bonds is 6. The molecule has 0 atom stereocenters. The van der Waals surface area contributed by atoms with E-state index in [4.69, 9.17) is 11.6 Å². The standard InChI is InChI=1S/C18H20ClN3O4S/c1-12-3-8-16(11-13(12)2)27(25,26)20-10-9-17(23)21-22-18(24)14-4-6-15(19)7-5-14/h3-8,11,20H,9-10H2,1-2H3,(H,21,23)(H,22,24). The summed E-state index contributed by atoms with van der Waals surface area (Å²) < 4.78 is 26.8. The second-order valence-electron chi connectivity index (χ2n) is 5.90. The first kappa shape index (κ1) is 20.9. The predicted molar refractivity (Wildman–Crippen MR) is 103 cm³/mol. The molecule has 144 valence electrons. The van der Waals surface area contributed by atoms with Gasteiger partial charge in [-0.25, -0.2) is 13.1 Å². The number of halogens is 1. The molecule has 0 fully saturated rings. The molecular weight excluding hydrogens is 390 g/mol. The summed E-state index contributed by atoms with van der Waals surface area (Å²) in [5.74, 6) is -1.03. The quantitative estimate of drug-likeness (QED) is 0.635. The summed E-state index contributed by atoms with van der Waals surface area (Å²) in [7, 11) is -3.70. The molecule has 3 N–H and O–H groups in total. The SMILES string of the molecule is Cc1ccc(S(=O)(=O)NCCC(=O)NNC(=O)c2ccc(Cl)cc2)cc1C. The van der Waals surface area contributed by atoms with E-state index in [1.807, 2.05) is 13.8 Å². The van der Waals surface area contributed by atoms with Crippen molar-refractivity contribution >= 4 is 33.4 Å². The molecule has 2 aromatic carbocycles. The van der Waals surface area contributed by atoms with Gasteiger partial charge in [0.1, 0.15) is 0 Å². The average Bonchev–Trinajstić information content (AvgIpc) is 2.62. The van der Waals surface area contributed by atoms with Gasteiger partial charge in [0, 0.05) is 23.6 Å². The van der Waals surface area contributed by atoms with Crippen molar-refractivity contribution in [2.45, 2.75) is 25.2 Å². The molecule has 0 saturated heterocycles. The highest BCUT2D eigenvalue weighted by Gasteiger charge is 2.15. The van der Waals surface area contributed by atoms with Crippen LogP contribution in [0.25, 0.3) is 0 Å². The molecule has 2 aromatic rings. The lowest BCUT2D eigenvalue weighted by atomic mass is 10.1. The highest BCUT2D eigenvalue weighted by molar-refractivity contribution is 7.89. The Morgan fingerprint density at radius 3 is 2.26 bits per heavy atom. The van der Waals surface area contributed by atoms with Crippen LogP contribution in [0.1, 0.15) is 27.9 Å². The number of hydrogen-bond donors (Lipinski definition) is 3. The van der Waals surface area contributed by atoms with E-state index in [-0.39, 0.29) is 17.9 Å². The van der Waals surface area contributed by atoms with Crippen molar-refractivity contribution in [1.82, 2.24) is 15.6 Å². The van der Waals surface area contributed by atoms with Crippen molar-refractivity contribution in [3.63, 3.8) is 0 Å². The first-order valence-electron chi connectivity index (χ1n) is 8.11. The number of aryl methyl sites for hydroxylation is 2. The monoisotopic (exact) mass is 409 g/mol. The Bertz CT molecular complexity index is 944. The van der Waals surface area contributed by atoms with E-state index in [0.717, 1.165) is 11.1 Å². The molecule has 9 heteroatoms. The van der Waals surface area contributed by atoms with Gasteiger partial charge in [0.05, 0.1) is 4.90 Å². The fourth-order valence-corrected chi connectivity index (χ4v) is 3.37.